The SMILES string of the molecule is O=C(c1cncc(N2CC3CC(C2)[C@@H]2CCCC(=O)N2C3)n1)N1CCCC1. The lowest BCUT2D eigenvalue weighted by atomic mass is 9.76. The molecule has 0 aromatic carbocycles. The molecule has 4 saturated heterocycles. The fourth-order valence-electron chi connectivity index (χ4n) is 5.49. The summed E-state index contributed by atoms with van der Waals surface area (Å²) >= 11 is 0. The van der Waals surface area contributed by atoms with Crippen LogP contribution in [0, 0.1) is 11.8 Å². The quantitative estimate of drug-likeness (QED) is 0.791. The Hall–Kier alpha value is -2.18. The maximum absolute atomic E-state index is 12.7. The number of amides is 2. The van der Waals surface area contributed by atoms with E-state index < -0.39 is 0 Å². The van der Waals surface area contributed by atoms with Crippen molar-refractivity contribution in [3.63, 3.8) is 0 Å². The summed E-state index contributed by atoms with van der Waals surface area (Å²) in [5, 5.41) is 0. The van der Waals surface area contributed by atoms with Crippen LogP contribution in [-0.2, 0) is 4.79 Å². The number of likely N-dealkylation sites (tertiary alicyclic amines) is 1. The highest BCUT2D eigenvalue weighted by atomic mass is 16.2. The maximum Gasteiger partial charge on any atom is 0.274 e. The minimum atomic E-state index is 0.00288. The van der Waals surface area contributed by atoms with Crippen LogP contribution in [0.15, 0.2) is 12.4 Å². The van der Waals surface area contributed by atoms with Crippen molar-refractivity contribution >= 4 is 17.6 Å². The molecule has 0 radical (unpaired) electrons. The summed E-state index contributed by atoms with van der Waals surface area (Å²) in [5.41, 5.74) is 0.458. The van der Waals surface area contributed by atoms with Crippen LogP contribution in [-0.4, -0.2) is 70.3 Å². The van der Waals surface area contributed by atoms with Crippen molar-refractivity contribution < 1.29 is 9.59 Å². The topological polar surface area (TPSA) is 69.6 Å². The Morgan fingerprint density at radius 2 is 1.93 bits per heavy atom. The second-order valence-corrected chi connectivity index (χ2v) is 8.53. The highest BCUT2D eigenvalue weighted by molar-refractivity contribution is 5.92. The lowest BCUT2D eigenvalue weighted by Crippen LogP contribution is -2.60. The molecule has 3 atom stereocenters. The van der Waals surface area contributed by atoms with Gasteiger partial charge in [0, 0.05) is 45.2 Å². The summed E-state index contributed by atoms with van der Waals surface area (Å²) in [5.74, 6) is 2.14. The molecule has 2 amide bonds. The molecule has 144 valence electrons. The van der Waals surface area contributed by atoms with Crippen molar-refractivity contribution in [1.29, 1.82) is 0 Å². The van der Waals surface area contributed by atoms with Crippen molar-refractivity contribution in [1.82, 2.24) is 19.8 Å². The summed E-state index contributed by atoms with van der Waals surface area (Å²) < 4.78 is 0. The van der Waals surface area contributed by atoms with E-state index in [1.54, 1.807) is 12.4 Å². The third-order valence-electron chi connectivity index (χ3n) is 6.74. The van der Waals surface area contributed by atoms with Crippen molar-refractivity contribution in [3.8, 4) is 0 Å². The van der Waals surface area contributed by atoms with E-state index in [4.69, 9.17) is 0 Å². The molecule has 1 aromatic rings. The predicted octanol–water partition coefficient (Wildman–Crippen LogP) is 1.55. The first-order valence-corrected chi connectivity index (χ1v) is 10.3. The summed E-state index contributed by atoms with van der Waals surface area (Å²) in [6.07, 6.45) is 9.57. The average Bonchev–Trinajstić information content (AvgIpc) is 3.23. The van der Waals surface area contributed by atoms with Gasteiger partial charge in [0.2, 0.25) is 5.91 Å². The lowest BCUT2D eigenvalue weighted by molar-refractivity contribution is -0.142. The van der Waals surface area contributed by atoms with Gasteiger partial charge in [0.1, 0.15) is 11.5 Å². The highest BCUT2D eigenvalue weighted by Gasteiger charge is 2.44. The molecule has 2 bridgehead atoms. The van der Waals surface area contributed by atoms with Crippen LogP contribution in [0.25, 0.3) is 0 Å². The maximum atomic E-state index is 12.7. The van der Waals surface area contributed by atoms with Gasteiger partial charge < -0.3 is 14.7 Å². The number of anilines is 1. The van der Waals surface area contributed by atoms with Crippen LogP contribution in [0.2, 0.25) is 0 Å². The Bertz CT molecular complexity index is 748. The molecule has 27 heavy (non-hydrogen) atoms. The van der Waals surface area contributed by atoms with E-state index in [0.717, 1.165) is 64.2 Å². The number of piperidine rings is 3. The minimum Gasteiger partial charge on any atom is -0.355 e. The molecule has 4 fully saturated rings. The molecule has 5 heterocycles. The van der Waals surface area contributed by atoms with Gasteiger partial charge in [-0.15, -0.1) is 0 Å². The molecule has 2 unspecified atom stereocenters. The summed E-state index contributed by atoms with van der Waals surface area (Å²) in [6, 6.07) is 0.382. The minimum absolute atomic E-state index is 0.00288. The zero-order valence-corrected chi connectivity index (χ0v) is 15.7. The largest absolute Gasteiger partial charge is 0.355 e. The van der Waals surface area contributed by atoms with Crippen LogP contribution in [0.4, 0.5) is 5.82 Å². The van der Waals surface area contributed by atoms with Gasteiger partial charge in [-0.25, -0.2) is 4.98 Å². The molecule has 4 aliphatic rings. The molecule has 0 N–H and O–H groups in total. The van der Waals surface area contributed by atoms with E-state index in [1.165, 1.54) is 6.42 Å². The van der Waals surface area contributed by atoms with E-state index in [1.807, 2.05) is 4.90 Å². The van der Waals surface area contributed by atoms with Crippen molar-refractivity contribution in [3.05, 3.63) is 18.1 Å². The van der Waals surface area contributed by atoms with Crippen molar-refractivity contribution in [2.24, 2.45) is 11.8 Å². The number of nitrogens with zero attached hydrogens (tertiary/aromatic N) is 5. The van der Waals surface area contributed by atoms with Gasteiger partial charge >= 0.3 is 0 Å². The standard InChI is InChI=1S/C20H27N5O2/c26-19-5-3-4-17-15-8-14(12-25(17)19)11-24(13-15)18-10-21-9-16(22-18)20(27)23-6-1-2-7-23/h9-10,14-15,17H,1-8,11-13H2/t14?,15?,17-/m0/s1. The van der Waals surface area contributed by atoms with E-state index in [0.29, 0.717) is 35.9 Å². The zero-order valence-electron chi connectivity index (χ0n) is 15.7. The first-order chi connectivity index (χ1) is 13.2. The molecular weight excluding hydrogens is 342 g/mol. The van der Waals surface area contributed by atoms with Crippen molar-refractivity contribution in [2.45, 2.75) is 44.6 Å². The van der Waals surface area contributed by atoms with Gasteiger partial charge in [-0.3, -0.25) is 14.6 Å². The van der Waals surface area contributed by atoms with E-state index in [2.05, 4.69) is 19.8 Å². The Labute approximate surface area is 159 Å². The van der Waals surface area contributed by atoms with Gasteiger partial charge in [-0.05, 0) is 43.9 Å². The van der Waals surface area contributed by atoms with Gasteiger partial charge in [-0.2, -0.15) is 0 Å². The van der Waals surface area contributed by atoms with Gasteiger partial charge in [-0.1, -0.05) is 0 Å². The number of aromatic nitrogens is 2. The zero-order chi connectivity index (χ0) is 18.4. The van der Waals surface area contributed by atoms with E-state index in [9.17, 15) is 9.59 Å². The number of fused-ring (bicyclic) bond motifs is 4. The Morgan fingerprint density at radius 1 is 1.07 bits per heavy atom. The Kier molecular flexibility index (Phi) is 4.25. The highest BCUT2D eigenvalue weighted by Crippen LogP contribution is 2.38. The third-order valence-corrected chi connectivity index (χ3v) is 6.74. The molecule has 5 rings (SSSR count). The van der Waals surface area contributed by atoms with Gasteiger partial charge in [0.15, 0.2) is 0 Å². The summed E-state index contributed by atoms with van der Waals surface area (Å²) in [4.78, 5) is 40.3. The second-order valence-electron chi connectivity index (χ2n) is 8.53. The predicted molar refractivity (Wildman–Crippen MR) is 100 cm³/mol. The molecule has 7 nitrogen and oxygen atoms in total. The molecular formula is C20H27N5O2. The van der Waals surface area contributed by atoms with Crippen LogP contribution < -0.4 is 4.90 Å². The molecule has 4 aliphatic heterocycles. The monoisotopic (exact) mass is 369 g/mol. The second kappa shape index (κ2) is 6.77. The summed E-state index contributed by atoms with van der Waals surface area (Å²) in [7, 11) is 0. The first kappa shape index (κ1) is 17.0. The van der Waals surface area contributed by atoms with Crippen LogP contribution in [0.3, 0.4) is 0 Å². The van der Waals surface area contributed by atoms with Crippen LogP contribution in [0.5, 0.6) is 0 Å². The fourth-order valence-corrected chi connectivity index (χ4v) is 5.49. The average molecular weight is 369 g/mol. The number of hydrogen-bond acceptors (Lipinski definition) is 5. The van der Waals surface area contributed by atoms with Gasteiger partial charge in [0.05, 0.1) is 12.4 Å². The Balaban J connectivity index is 1.35. The molecule has 1 aromatic heterocycles. The third kappa shape index (κ3) is 3.07. The number of carbonyl (C=O) groups is 2. The van der Waals surface area contributed by atoms with Gasteiger partial charge in [0.25, 0.3) is 5.91 Å². The number of rotatable bonds is 2. The molecule has 0 aliphatic carbocycles. The number of carbonyl (C=O) groups excluding carboxylic acids is 2. The summed E-state index contributed by atoms with van der Waals surface area (Å²) in [6.45, 7) is 4.31. The van der Waals surface area contributed by atoms with E-state index in [-0.39, 0.29) is 5.91 Å². The first-order valence-electron chi connectivity index (χ1n) is 10.3. The molecule has 7 heteroatoms. The van der Waals surface area contributed by atoms with Crippen LogP contribution in [0.1, 0.15) is 49.0 Å². The lowest BCUT2D eigenvalue weighted by Gasteiger charge is -2.52. The Morgan fingerprint density at radius 3 is 2.78 bits per heavy atom. The van der Waals surface area contributed by atoms with Crippen LogP contribution >= 0.6 is 0 Å². The van der Waals surface area contributed by atoms with E-state index >= 15 is 0 Å². The number of hydrogen-bond donors (Lipinski definition) is 0. The molecule has 0 saturated carbocycles. The molecule has 0 spiro atoms. The fraction of sp³-hybridized carbons (Fsp3) is 0.700. The normalized spacial score (nSPS) is 30.4. The van der Waals surface area contributed by atoms with Crippen molar-refractivity contribution in [2.75, 3.05) is 37.6 Å². The smallest absolute Gasteiger partial charge is 0.274 e.